The van der Waals surface area contributed by atoms with Crippen LogP contribution >= 0.6 is 0 Å². The Bertz CT molecular complexity index is 1310. The maximum absolute atomic E-state index is 15.1. The second-order valence-electron chi connectivity index (χ2n) is 11.9. The third-order valence-corrected chi connectivity index (χ3v) is 7.70. The number of aromatic hydroxyl groups is 1. The van der Waals surface area contributed by atoms with Crippen LogP contribution in [0, 0.1) is 23.1 Å². The van der Waals surface area contributed by atoms with Crippen LogP contribution in [0.25, 0.3) is 5.76 Å². The summed E-state index contributed by atoms with van der Waals surface area (Å²) in [5.41, 5.74) is 1.65. The fourth-order valence-electron chi connectivity index (χ4n) is 6.04. The predicted molar refractivity (Wildman–Crippen MR) is 135 cm³/mol. The van der Waals surface area contributed by atoms with Crippen molar-refractivity contribution in [2.45, 2.75) is 51.8 Å². The minimum atomic E-state index is -2.73. The summed E-state index contributed by atoms with van der Waals surface area (Å²) in [4.78, 5) is 40.3. The van der Waals surface area contributed by atoms with E-state index in [0.29, 0.717) is 12.1 Å². The molecular formula is C27H34FN3O7. The van der Waals surface area contributed by atoms with E-state index in [1.54, 1.807) is 0 Å². The number of nitrogens with zero attached hydrogens (tertiary/aromatic N) is 1. The van der Waals surface area contributed by atoms with Gasteiger partial charge in [0, 0.05) is 30.1 Å². The Morgan fingerprint density at radius 1 is 1.24 bits per heavy atom. The van der Waals surface area contributed by atoms with Crippen molar-refractivity contribution in [1.82, 2.24) is 10.2 Å². The molecule has 1 aromatic carbocycles. The number of amides is 1. The lowest BCUT2D eigenvalue weighted by molar-refractivity contribution is -0.153. The molecule has 0 aliphatic heterocycles. The van der Waals surface area contributed by atoms with E-state index in [0.717, 1.165) is 0 Å². The number of aliphatic hydroxyl groups is 3. The molecular weight excluding hydrogens is 497 g/mol. The van der Waals surface area contributed by atoms with Crippen molar-refractivity contribution in [3.05, 3.63) is 45.5 Å². The molecule has 1 fully saturated rings. The Balaban J connectivity index is 1.84. The van der Waals surface area contributed by atoms with Crippen molar-refractivity contribution < 1.29 is 39.2 Å². The van der Waals surface area contributed by atoms with Gasteiger partial charge in [0.15, 0.2) is 23.0 Å². The number of nitrogens with two attached hydrogens (primary N) is 1. The molecule has 0 bridgehead atoms. The summed E-state index contributed by atoms with van der Waals surface area (Å²) in [6.07, 6.45) is 0.0795. The van der Waals surface area contributed by atoms with Gasteiger partial charge in [0.25, 0.3) is 5.91 Å². The van der Waals surface area contributed by atoms with Gasteiger partial charge in [-0.25, -0.2) is 4.39 Å². The summed E-state index contributed by atoms with van der Waals surface area (Å²) in [5.74, 6) is -8.79. The molecule has 0 unspecified atom stereocenters. The van der Waals surface area contributed by atoms with Crippen LogP contribution in [0.3, 0.4) is 0 Å². The molecule has 0 aromatic heterocycles. The third kappa shape index (κ3) is 4.09. The summed E-state index contributed by atoms with van der Waals surface area (Å²) in [6.45, 7) is 6.76. The number of hydrogen-bond donors (Lipinski definition) is 6. The van der Waals surface area contributed by atoms with E-state index in [2.05, 4.69) is 5.32 Å². The number of rotatable bonds is 5. The number of likely N-dealkylation sites (N-methyl/N-ethyl adjacent to an activating group) is 1. The van der Waals surface area contributed by atoms with E-state index in [-0.39, 0.29) is 41.5 Å². The first-order valence-corrected chi connectivity index (χ1v) is 12.4. The molecule has 0 saturated heterocycles. The topological polar surface area (TPSA) is 173 Å². The van der Waals surface area contributed by atoms with Crippen LogP contribution in [0.15, 0.2) is 23.0 Å². The van der Waals surface area contributed by atoms with E-state index < -0.39 is 69.6 Å². The van der Waals surface area contributed by atoms with Gasteiger partial charge in [-0.3, -0.25) is 19.3 Å². The highest BCUT2D eigenvalue weighted by Crippen LogP contribution is 2.53. The molecule has 7 N–H and O–H groups in total. The summed E-state index contributed by atoms with van der Waals surface area (Å²) in [5, 5.41) is 47.4. The predicted octanol–water partition coefficient (Wildman–Crippen LogP) is 1.24. The van der Waals surface area contributed by atoms with Gasteiger partial charge in [0.2, 0.25) is 5.78 Å². The first-order chi connectivity index (χ1) is 17.5. The molecule has 3 aliphatic rings. The number of aliphatic hydroxyl groups excluding tert-OH is 2. The number of carbonyl (C=O) groups excluding carboxylic acids is 3. The monoisotopic (exact) mass is 531 g/mol. The Morgan fingerprint density at radius 2 is 1.87 bits per heavy atom. The zero-order valence-electron chi connectivity index (χ0n) is 22.1. The number of halogens is 1. The lowest BCUT2D eigenvalue weighted by Gasteiger charge is -2.50. The van der Waals surface area contributed by atoms with Crippen molar-refractivity contribution in [2.24, 2.45) is 23.0 Å². The molecule has 38 heavy (non-hydrogen) atoms. The number of ketones is 2. The van der Waals surface area contributed by atoms with Crippen LogP contribution in [0.1, 0.15) is 43.9 Å². The zero-order chi connectivity index (χ0) is 28.5. The highest BCUT2D eigenvalue weighted by Gasteiger charge is 2.64. The largest absolute Gasteiger partial charge is 0.508 e. The Morgan fingerprint density at radius 3 is 2.42 bits per heavy atom. The minimum absolute atomic E-state index is 0.0263. The Kier molecular flexibility index (Phi) is 6.70. The van der Waals surface area contributed by atoms with Crippen molar-refractivity contribution in [3.63, 3.8) is 0 Å². The second kappa shape index (κ2) is 9.18. The molecule has 4 rings (SSSR count). The first kappa shape index (κ1) is 27.7. The highest BCUT2D eigenvalue weighted by atomic mass is 19.1. The van der Waals surface area contributed by atoms with Gasteiger partial charge in [-0.2, -0.15) is 0 Å². The SMILES string of the molecule is CN(C)[C@@H]1C(=O)C(C(N)=O)=C(O)[C@@]2(O)C(=O)C3=C(O)c4c(cc(CNCC(C)(C)C)c(F)c4O)C[C@H]3C[C@@H]12. The fourth-order valence-corrected chi connectivity index (χ4v) is 6.04. The van der Waals surface area contributed by atoms with E-state index >= 15 is 4.39 Å². The number of primary amides is 1. The molecule has 4 atom stereocenters. The molecule has 3 aliphatic carbocycles. The van der Waals surface area contributed by atoms with E-state index in [1.807, 2.05) is 20.8 Å². The van der Waals surface area contributed by atoms with Gasteiger partial charge in [0.05, 0.1) is 11.6 Å². The van der Waals surface area contributed by atoms with Gasteiger partial charge >= 0.3 is 0 Å². The summed E-state index contributed by atoms with van der Waals surface area (Å²) in [6, 6.07) is 0.363. The molecule has 0 radical (unpaired) electrons. The summed E-state index contributed by atoms with van der Waals surface area (Å²) in [7, 11) is 3.07. The number of Topliss-reactive ketones (excluding diaryl/α,β-unsaturated/α-hetero) is 2. The average Bonchev–Trinajstić information content (AvgIpc) is 2.78. The van der Waals surface area contributed by atoms with Crippen LogP contribution in [-0.2, 0) is 27.3 Å². The van der Waals surface area contributed by atoms with Crippen LogP contribution in [0.2, 0.25) is 0 Å². The number of phenols is 1. The van der Waals surface area contributed by atoms with Crippen molar-refractivity contribution in [3.8, 4) is 5.75 Å². The van der Waals surface area contributed by atoms with E-state index in [1.165, 1.54) is 25.1 Å². The maximum atomic E-state index is 15.1. The fraction of sp³-hybridized carbons (Fsp3) is 0.519. The zero-order valence-corrected chi connectivity index (χ0v) is 22.1. The van der Waals surface area contributed by atoms with Crippen LogP contribution in [0.4, 0.5) is 4.39 Å². The number of nitrogens with one attached hydrogen (secondary N) is 1. The smallest absolute Gasteiger partial charge is 0.255 e. The second-order valence-corrected chi connectivity index (χ2v) is 11.9. The first-order valence-electron chi connectivity index (χ1n) is 12.4. The quantitative estimate of drug-likeness (QED) is 0.306. The summed E-state index contributed by atoms with van der Waals surface area (Å²) < 4.78 is 15.1. The van der Waals surface area contributed by atoms with Gasteiger partial charge < -0.3 is 31.5 Å². The lowest BCUT2D eigenvalue weighted by atomic mass is 9.57. The standard InChI is InChI=1S/C27H34FN3O7/c1-26(2,3)10-30-9-13-7-11-6-12-8-14-19(31(4)5)22(34)17(25(29)37)24(36)27(14,38)23(35)16(12)20(32)15(11)21(33)18(13)28/h7,12,14,19,30,32-33,36,38H,6,8-10H2,1-5H3,(H2,29,37)/t12-,14-,19-,27-/m0/s1. The molecule has 1 saturated carbocycles. The molecule has 0 spiro atoms. The van der Waals surface area contributed by atoms with Gasteiger partial charge in [-0.1, -0.05) is 26.8 Å². The molecule has 10 nitrogen and oxygen atoms in total. The van der Waals surface area contributed by atoms with Crippen molar-refractivity contribution in [2.75, 3.05) is 20.6 Å². The van der Waals surface area contributed by atoms with Gasteiger partial charge in [-0.15, -0.1) is 0 Å². The summed E-state index contributed by atoms with van der Waals surface area (Å²) >= 11 is 0. The van der Waals surface area contributed by atoms with Gasteiger partial charge in [0.1, 0.15) is 17.1 Å². The molecule has 206 valence electrons. The van der Waals surface area contributed by atoms with Crippen LogP contribution in [-0.4, -0.2) is 75.1 Å². The molecule has 0 heterocycles. The van der Waals surface area contributed by atoms with Crippen LogP contribution < -0.4 is 11.1 Å². The van der Waals surface area contributed by atoms with Gasteiger partial charge in [-0.05, 0) is 43.8 Å². The Labute approximate surface area is 219 Å². The van der Waals surface area contributed by atoms with Crippen molar-refractivity contribution in [1.29, 1.82) is 0 Å². The average molecular weight is 532 g/mol. The van der Waals surface area contributed by atoms with Crippen molar-refractivity contribution >= 4 is 23.2 Å². The number of hydrogen-bond acceptors (Lipinski definition) is 9. The molecule has 1 aromatic rings. The maximum Gasteiger partial charge on any atom is 0.255 e. The number of benzene rings is 1. The normalized spacial score (nSPS) is 27.4. The molecule has 11 heteroatoms. The third-order valence-electron chi connectivity index (χ3n) is 7.70. The number of fused-ring (bicyclic) bond motifs is 3. The van der Waals surface area contributed by atoms with E-state index in [4.69, 9.17) is 5.73 Å². The van der Waals surface area contributed by atoms with Crippen LogP contribution in [0.5, 0.6) is 5.75 Å². The molecule has 1 amide bonds. The van der Waals surface area contributed by atoms with E-state index in [9.17, 15) is 34.8 Å². The lowest BCUT2D eigenvalue weighted by Crippen LogP contribution is -2.65. The Hall–Kier alpha value is -3.28. The number of phenolic OH excluding ortho intramolecular Hbond substituents is 1. The minimum Gasteiger partial charge on any atom is -0.508 e. The number of carbonyl (C=O) groups is 3. The highest BCUT2D eigenvalue weighted by molar-refractivity contribution is 6.24.